The van der Waals surface area contributed by atoms with Crippen LogP contribution in [0.25, 0.3) is 0 Å². The van der Waals surface area contributed by atoms with Gasteiger partial charge >= 0.3 is 5.97 Å². The molecule has 0 aliphatic heterocycles. The molecule has 1 rings (SSSR count). The third-order valence-corrected chi connectivity index (χ3v) is 2.29. The molecule has 0 heterocycles. The van der Waals surface area contributed by atoms with E-state index in [0.717, 1.165) is 6.07 Å². The number of ether oxygens (including phenoxy) is 1. The summed E-state index contributed by atoms with van der Waals surface area (Å²) in [4.78, 5) is 24.5. The van der Waals surface area contributed by atoms with Crippen molar-refractivity contribution in [2.75, 3.05) is 6.61 Å². The number of aliphatic imine (C=N–C) groups is 1. The number of esters is 1. The van der Waals surface area contributed by atoms with Crippen molar-refractivity contribution in [3.05, 3.63) is 28.0 Å². The van der Waals surface area contributed by atoms with Gasteiger partial charge in [0.2, 0.25) is 6.08 Å². The molecule has 0 unspecified atom stereocenters. The molecule has 0 N–H and O–H groups in total. The molecule has 0 amide bonds. The molecule has 16 heavy (non-hydrogen) atoms. The van der Waals surface area contributed by atoms with Crippen molar-refractivity contribution in [3.63, 3.8) is 0 Å². The summed E-state index contributed by atoms with van der Waals surface area (Å²) in [6.07, 6.45) is 1.23. The number of rotatable bonds is 3. The predicted octanol–water partition coefficient (Wildman–Crippen LogP) is 2.73. The highest BCUT2D eigenvalue weighted by Gasteiger charge is 2.14. The summed E-state index contributed by atoms with van der Waals surface area (Å²) in [5.41, 5.74) is -0.140. The number of isocyanates is 1. The van der Waals surface area contributed by atoms with Crippen LogP contribution in [-0.4, -0.2) is 18.7 Å². The van der Waals surface area contributed by atoms with Gasteiger partial charge in [0.25, 0.3) is 0 Å². The first-order valence-corrected chi connectivity index (χ1v) is 5.13. The standard InChI is InChI=1S/C10H7BrFNO3/c1-2-16-10(15)6-3-7(11)9(13-5-14)8(12)4-6/h3-4H,2H2,1H3. The van der Waals surface area contributed by atoms with Crippen LogP contribution in [0, 0.1) is 5.82 Å². The highest BCUT2D eigenvalue weighted by Crippen LogP contribution is 2.29. The molecule has 84 valence electrons. The zero-order valence-corrected chi connectivity index (χ0v) is 9.88. The molecule has 1 aromatic rings. The van der Waals surface area contributed by atoms with Crippen LogP contribution in [0.3, 0.4) is 0 Å². The Bertz CT molecular complexity index is 446. The van der Waals surface area contributed by atoms with E-state index in [4.69, 9.17) is 4.74 Å². The highest BCUT2D eigenvalue weighted by molar-refractivity contribution is 9.10. The van der Waals surface area contributed by atoms with Crippen LogP contribution >= 0.6 is 15.9 Å². The number of carbonyl (C=O) groups excluding carboxylic acids is 2. The highest BCUT2D eigenvalue weighted by atomic mass is 79.9. The summed E-state index contributed by atoms with van der Waals surface area (Å²) in [5.74, 6) is -1.43. The monoisotopic (exact) mass is 287 g/mol. The lowest BCUT2D eigenvalue weighted by molar-refractivity contribution is 0.0526. The van der Waals surface area contributed by atoms with E-state index in [-0.39, 0.29) is 22.3 Å². The maximum atomic E-state index is 13.4. The number of benzene rings is 1. The minimum absolute atomic E-state index is 0.0519. The Hall–Kier alpha value is -1.52. The van der Waals surface area contributed by atoms with E-state index in [1.807, 2.05) is 0 Å². The van der Waals surface area contributed by atoms with Gasteiger partial charge in [-0.25, -0.2) is 14.0 Å². The summed E-state index contributed by atoms with van der Waals surface area (Å²) < 4.78 is 18.3. The van der Waals surface area contributed by atoms with Crippen molar-refractivity contribution in [2.24, 2.45) is 4.99 Å². The SMILES string of the molecule is CCOC(=O)c1cc(F)c(N=C=O)c(Br)c1. The second-order valence-corrected chi connectivity index (χ2v) is 3.57. The fraction of sp³-hybridized carbons (Fsp3) is 0.200. The average molecular weight is 288 g/mol. The molecule has 0 atom stereocenters. The topological polar surface area (TPSA) is 55.7 Å². The predicted molar refractivity (Wildman–Crippen MR) is 57.8 cm³/mol. The fourth-order valence-corrected chi connectivity index (χ4v) is 1.57. The van der Waals surface area contributed by atoms with Crippen LogP contribution < -0.4 is 0 Å². The molecule has 6 heteroatoms. The molecule has 0 saturated heterocycles. The number of halogens is 2. The van der Waals surface area contributed by atoms with Gasteiger partial charge in [-0.2, -0.15) is 4.99 Å². The average Bonchev–Trinajstić information content (AvgIpc) is 2.23. The van der Waals surface area contributed by atoms with Crippen LogP contribution in [-0.2, 0) is 9.53 Å². The van der Waals surface area contributed by atoms with Crippen molar-refractivity contribution in [1.82, 2.24) is 0 Å². The summed E-state index contributed by atoms with van der Waals surface area (Å²) in [6, 6.07) is 2.29. The van der Waals surface area contributed by atoms with Crippen LogP contribution in [0.1, 0.15) is 17.3 Å². The molecule has 0 aliphatic carbocycles. The van der Waals surface area contributed by atoms with Crippen LogP contribution in [0.5, 0.6) is 0 Å². The summed E-state index contributed by atoms with van der Waals surface area (Å²) in [7, 11) is 0. The summed E-state index contributed by atoms with van der Waals surface area (Å²) >= 11 is 3.00. The van der Waals surface area contributed by atoms with Crippen LogP contribution in [0.4, 0.5) is 10.1 Å². The molecular weight excluding hydrogens is 281 g/mol. The number of nitrogens with zero attached hydrogens (tertiary/aromatic N) is 1. The molecule has 0 aliphatic rings. The van der Waals surface area contributed by atoms with Crippen molar-refractivity contribution in [2.45, 2.75) is 6.92 Å². The van der Waals surface area contributed by atoms with Gasteiger partial charge in [-0.05, 0) is 35.0 Å². The first-order chi connectivity index (χ1) is 7.60. The molecule has 0 spiro atoms. The third-order valence-electron chi connectivity index (χ3n) is 1.69. The number of carbonyl (C=O) groups is 1. The van der Waals surface area contributed by atoms with E-state index < -0.39 is 11.8 Å². The molecule has 0 saturated carbocycles. The molecule has 0 radical (unpaired) electrons. The second kappa shape index (κ2) is 5.53. The van der Waals surface area contributed by atoms with Gasteiger partial charge in [0.05, 0.1) is 12.2 Å². The van der Waals surface area contributed by atoms with Crippen molar-refractivity contribution >= 4 is 33.7 Å². The molecule has 0 fully saturated rings. The van der Waals surface area contributed by atoms with Gasteiger partial charge in [-0.15, -0.1) is 0 Å². The van der Waals surface area contributed by atoms with Gasteiger partial charge in [-0.1, -0.05) is 0 Å². The van der Waals surface area contributed by atoms with Gasteiger partial charge in [0.1, 0.15) is 5.69 Å². The lowest BCUT2D eigenvalue weighted by Crippen LogP contribution is -2.05. The minimum Gasteiger partial charge on any atom is -0.462 e. The summed E-state index contributed by atoms with van der Waals surface area (Å²) in [5, 5.41) is 0. The Morgan fingerprint density at radius 2 is 2.31 bits per heavy atom. The maximum absolute atomic E-state index is 13.4. The number of hydrogen-bond acceptors (Lipinski definition) is 4. The van der Waals surface area contributed by atoms with Crippen molar-refractivity contribution < 1.29 is 18.7 Å². The van der Waals surface area contributed by atoms with Crippen molar-refractivity contribution in [3.8, 4) is 0 Å². The molecule has 1 aromatic carbocycles. The normalized spacial score (nSPS) is 9.44. The van der Waals surface area contributed by atoms with E-state index in [2.05, 4.69) is 20.9 Å². The van der Waals surface area contributed by atoms with Crippen molar-refractivity contribution in [1.29, 1.82) is 0 Å². The second-order valence-electron chi connectivity index (χ2n) is 2.71. The maximum Gasteiger partial charge on any atom is 0.338 e. The Labute approximate surface area is 99.3 Å². The Balaban J connectivity index is 3.19. The Kier molecular flexibility index (Phi) is 4.34. The van der Waals surface area contributed by atoms with Gasteiger partial charge < -0.3 is 4.74 Å². The van der Waals surface area contributed by atoms with E-state index in [1.165, 1.54) is 12.1 Å². The summed E-state index contributed by atoms with van der Waals surface area (Å²) in [6.45, 7) is 1.85. The van der Waals surface area contributed by atoms with E-state index >= 15 is 0 Å². The lowest BCUT2D eigenvalue weighted by Gasteiger charge is -2.04. The van der Waals surface area contributed by atoms with Gasteiger partial charge in [0, 0.05) is 4.47 Å². The van der Waals surface area contributed by atoms with Gasteiger partial charge in [-0.3, -0.25) is 0 Å². The Morgan fingerprint density at radius 1 is 1.62 bits per heavy atom. The fourth-order valence-electron chi connectivity index (χ4n) is 1.05. The largest absolute Gasteiger partial charge is 0.462 e. The quantitative estimate of drug-likeness (QED) is 0.488. The number of hydrogen-bond donors (Lipinski definition) is 0. The van der Waals surface area contributed by atoms with E-state index in [9.17, 15) is 14.0 Å². The van der Waals surface area contributed by atoms with Crippen LogP contribution in [0.2, 0.25) is 0 Å². The van der Waals surface area contributed by atoms with Crippen LogP contribution in [0.15, 0.2) is 21.6 Å². The first kappa shape index (κ1) is 12.5. The Morgan fingerprint density at radius 3 is 2.81 bits per heavy atom. The molecule has 0 bridgehead atoms. The smallest absolute Gasteiger partial charge is 0.338 e. The van der Waals surface area contributed by atoms with E-state index in [0.29, 0.717) is 0 Å². The third kappa shape index (κ3) is 2.74. The molecular formula is C10H7BrFNO3. The zero-order chi connectivity index (χ0) is 12.1. The molecule has 0 aromatic heterocycles. The first-order valence-electron chi connectivity index (χ1n) is 4.34. The molecule has 4 nitrogen and oxygen atoms in total. The minimum atomic E-state index is -0.791. The lowest BCUT2D eigenvalue weighted by atomic mass is 10.2. The zero-order valence-electron chi connectivity index (χ0n) is 8.29. The van der Waals surface area contributed by atoms with Gasteiger partial charge in [0.15, 0.2) is 5.82 Å². The van der Waals surface area contributed by atoms with E-state index in [1.54, 1.807) is 6.92 Å².